The zero-order valence-corrected chi connectivity index (χ0v) is 36.8. The summed E-state index contributed by atoms with van der Waals surface area (Å²) in [7, 11) is 0. The van der Waals surface area contributed by atoms with Gasteiger partial charge in [0.1, 0.15) is 0 Å². The number of rotatable bonds is 7. The van der Waals surface area contributed by atoms with Crippen molar-refractivity contribution in [3.05, 3.63) is 230 Å². The molecular weight excluding hydrogens is 806 g/mol. The molecule has 13 rings (SSSR count). The van der Waals surface area contributed by atoms with Crippen molar-refractivity contribution in [2.24, 2.45) is 0 Å². The zero-order chi connectivity index (χ0) is 42.8. The van der Waals surface area contributed by atoms with Crippen LogP contribution in [0, 0.1) is 0 Å². The lowest BCUT2D eigenvalue weighted by molar-refractivity contribution is 0.687. The van der Waals surface area contributed by atoms with Crippen molar-refractivity contribution in [2.75, 3.05) is 14.7 Å². The Morgan fingerprint density at radius 3 is 1.85 bits per heavy atom. The normalized spacial score (nSPS) is 13.5. The SMILES string of the molecule is c1ccc(-c2cccc(N3c4cc(-c5cccc6c5CCCC6)cc5c4B(c4cc(N(c6ccccc6)c6ccccc6)ccc4N5c4ccccc4)c4sc5ccccc5c43)c2)cc1. The maximum Gasteiger partial charge on any atom is 0.264 e. The lowest BCUT2D eigenvalue weighted by Gasteiger charge is -2.44. The van der Waals surface area contributed by atoms with E-state index in [1.54, 1.807) is 0 Å². The van der Waals surface area contributed by atoms with E-state index in [0.717, 1.165) is 41.3 Å². The molecule has 0 saturated heterocycles. The number of hydrogen-bond acceptors (Lipinski definition) is 4. The third kappa shape index (κ3) is 6.25. The van der Waals surface area contributed by atoms with Gasteiger partial charge in [-0.1, -0.05) is 133 Å². The first-order valence-electron chi connectivity index (χ1n) is 22.9. The van der Waals surface area contributed by atoms with Crippen LogP contribution in [0.4, 0.5) is 51.2 Å². The number of benzene rings is 9. The minimum Gasteiger partial charge on any atom is -0.311 e. The molecule has 3 heterocycles. The van der Waals surface area contributed by atoms with E-state index < -0.39 is 0 Å². The molecule has 1 aromatic heterocycles. The summed E-state index contributed by atoms with van der Waals surface area (Å²) in [6, 6.07) is 81.0. The maximum absolute atomic E-state index is 2.62. The van der Waals surface area contributed by atoms with Gasteiger partial charge in [0.15, 0.2) is 0 Å². The molecule has 0 bridgehead atoms. The summed E-state index contributed by atoms with van der Waals surface area (Å²) < 4.78 is 2.67. The quantitative estimate of drug-likeness (QED) is 0.148. The molecule has 3 aliphatic rings. The second-order valence-corrected chi connectivity index (χ2v) is 18.6. The highest BCUT2D eigenvalue weighted by Crippen LogP contribution is 2.50. The van der Waals surface area contributed by atoms with Gasteiger partial charge in [-0.2, -0.15) is 0 Å². The number of hydrogen-bond donors (Lipinski definition) is 0. The number of para-hydroxylation sites is 3. The Bertz CT molecular complexity index is 3360. The van der Waals surface area contributed by atoms with Gasteiger partial charge < -0.3 is 14.7 Å². The molecule has 1 aliphatic carbocycles. The van der Waals surface area contributed by atoms with E-state index in [9.17, 15) is 0 Å². The Morgan fingerprint density at radius 2 is 1.08 bits per heavy atom. The van der Waals surface area contributed by atoms with Gasteiger partial charge in [0.2, 0.25) is 0 Å². The van der Waals surface area contributed by atoms with E-state index >= 15 is 0 Å². The van der Waals surface area contributed by atoms with Crippen LogP contribution in [-0.2, 0) is 12.8 Å². The number of anilines is 9. The lowest BCUT2D eigenvalue weighted by Crippen LogP contribution is -2.60. The number of fused-ring (bicyclic) bond motifs is 7. The van der Waals surface area contributed by atoms with Crippen molar-refractivity contribution in [3.8, 4) is 22.3 Å². The van der Waals surface area contributed by atoms with Gasteiger partial charge in [-0.15, -0.1) is 11.3 Å². The highest BCUT2D eigenvalue weighted by molar-refractivity contribution is 7.33. The van der Waals surface area contributed by atoms with E-state index in [1.165, 1.54) is 94.8 Å². The third-order valence-corrected chi connectivity index (χ3v) is 15.0. The van der Waals surface area contributed by atoms with E-state index in [2.05, 4.69) is 233 Å². The van der Waals surface area contributed by atoms with Gasteiger partial charge in [0.25, 0.3) is 6.71 Å². The number of thiophene rings is 1. The molecule has 0 atom stereocenters. The standard InChI is InChI=1S/C60H44BN3S/c1-5-19-41(20-6-1)43-23-17-30-48(37-43)64-56-39-44(51-33-18-22-42-21-13-14-31-50(42)51)38-55-58(56)61(60-59(64)52-32-15-16-34-57(52)65-60)53-40-49(35-36-54(53)63(55)47-28-11-4-12-29-47)62(45-24-7-2-8-25-45)46-26-9-3-10-27-46/h1-12,15-20,22-30,32-40H,13-14,21,31H2. The molecule has 0 unspecified atom stereocenters. The molecule has 10 aromatic rings. The topological polar surface area (TPSA) is 9.72 Å². The minimum absolute atomic E-state index is 0.0250. The van der Waals surface area contributed by atoms with Crippen molar-refractivity contribution in [1.29, 1.82) is 0 Å². The van der Waals surface area contributed by atoms with Crippen LogP contribution in [0.2, 0.25) is 0 Å². The molecule has 0 radical (unpaired) electrons. The summed E-state index contributed by atoms with van der Waals surface area (Å²) in [6.07, 6.45) is 4.72. The first-order valence-corrected chi connectivity index (χ1v) is 23.7. The summed E-state index contributed by atoms with van der Waals surface area (Å²) in [5.41, 5.74) is 21.3. The molecule has 65 heavy (non-hydrogen) atoms. The van der Waals surface area contributed by atoms with E-state index in [4.69, 9.17) is 0 Å². The zero-order valence-electron chi connectivity index (χ0n) is 35.9. The predicted octanol–water partition coefficient (Wildman–Crippen LogP) is 14.7. The fourth-order valence-corrected chi connectivity index (χ4v) is 12.3. The average Bonchev–Trinajstić information content (AvgIpc) is 3.76. The summed E-state index contributed by atoms with van der Waals surface area (Å²) in [4.78, 5) is 7.58. The Kier molecular flexibility index (Phi) is 9.09. The largest absolute Gasteiger partial charge is 0.311 e. The molecule has 3 nitrogen and oxygen atoms in total. The van der Waals surface area contributed by atoms with Gasteiger partial charge in [-0.25, -0.2) is 0 Å². The average molecular weight is 850 g/mol. The summed E-state index contributed by atoms with van der Waals surface area (Å²) in [5, 5.41) is 1.28. The Hall–Kier alpha value is -7.60. The fraction of sp³-hybridized carbons (Fsp3) is 0.0667. The predicted molar refractivity (Wildman–Crippen MR) is 278 cm³/mol. The van der Waals surface area contributed by atoms with Gasteiger partial charge in [0.05, 0.1) is 5.69 Å². The van der Waals surface area contributed by atoms with Crippen LogP contribution in [0.15, 0.2) is 218 Å². The molecule has 0 amide bonds. The van der Waals surface area contributed by atoms with Crippen molar-refractivity contribution in [2.45, 2.75) is 25.7 Å². The van der Waals surface area contributed by atoms with Crippen molar-refractivity contribution >= 4 is 95.0 Å². The van der Waals surface area contributed by atoms with E-state index in [0.29, 0.717) is 0 Å². The van der Waals surface area contributed by atoms with Crippen molar-refractivity contribution in [3.63, 3.8) is 0 Å². The van der Waals surface area contributed by atoms with E-state index in [1.807, 2.05) is 11.3 Å². The molecule has 0 saturated carbocycles. The Balaban J connectivity index is 1.14. The minimum atomic E-state index is -0.0250. The second-order valence-electron chi connectivity index (χ2n) is 17.5. The van der Waals surface area contributed by atoms with Crippen LogP contribution in [-0.4, -0.2) is 6.71 Å². The van der Waals surface area contributed by atoms with E-state index in [-0.39, 0.29) is 6.71 Å². The monoisotopic (exact) mass is 849 g/mol. The summed E-state index contributed by atoms with van der Waals surface area (Å²) in [5.74, 6) is 0. The van der Waals surface area contributed by atoms with Gasteiger partial charge >= 0.3 is 0 Å². The molecule has 9 aromatic carbocycles. The maximum atomic E-state index is 2.62. The molecular formula is C60H44BN3S. The Morgan fingerprint density at radius 1 is 0.446 bits per heavy atom. The van der Waals surface area contributed by atoms with Crippen LogP contribution in [0.5, 0.6) is 0 Å². The van der Waals surface area contributed by atoms with Crippen LogP contribution in [0.3, 0.4) is 0 Å². The van der Waals surface area contributed by atoms with Crippen LogP contribution >= 0.6 is 11.3 Å². The van der Waals surface area contributed by atoms with Crippen molar-refractivity contribution < 1.29 is 0 Å². The second kappa shape index (κ2) is 15.6. The third-order valence-electron chi connectivity index (χ3n) is 13.8. The highest BCUT2D eigenvalue weighted by Gasteiger charge is 2.46. The smallest absolute Gasteiger partial charge is 0.264 e. The lowest BCUT2D eigenvalue weighted by atomic mass is 9.36. The Labute approximate surface area is 385 Å². The van der Waals surface area contributed by atoms with Crippen LogP contribution in [0.1, 0.15) is 24.0 Å². The highest BCUT2D eigenvalue weighted by atomic mass is 32.1. The summed E-state index contributed by atoms with van der Waals surface area (Å²) >= 11 is 1.95. The first kappa shape index (κ1) is 37.9. The molecule has 2 aliphatic heterocycles. The molecule has 0 N–H and O–H groups in total. The summed E-state index contributed by atoms with van der Waals surface area (Å²) in [6.45, 7) is -0.0250. The molecule has 0 fully saturated rings. The van der Waals surface area contributed by atoms with Gasteiger partial charge in [0, 0.05) is 60.4 Å². The molecule has 0 spiro atoms. The molecule has 308 valence electrons. The molecule has 5 heteroatoms. The number of aryl methyl sites for hydroxylation is 1. The number of nitrogens with zero attached hydrogens (tertiary/aromatic N) is 3. The first-order chi connectivity index (χ1) is 32.3. The fourth-order valence-electron chi connectivity index (χ4n) is 10.9. The van der Waals surface area contributed by atoms with Crippen LogP contribution < -0.4 is 30.4 Å². The van der Waals surface area contributed by atoms with Crippen molar-refractivity contribution in [1.82, 2.24) is 0 Å². The van der Waals surface area contributed by atoms with Gasteiger partial charge in [-0.3, -0.25) is 0 Å². The van der Waals surface area contributed by atoms with Crippen LogP contribution in [0.25, 0.3) is 32.3 Å². The van der Waals surface area contributed by atoms with Gasteiger partial charge in [-0.05, 0) is 155 Å².